The predicted octanol–water partition coefficient (Wildman–Crippen LogP) is 3.28. The van der Waals surface area contributed by atoms with Crippen LogP contribution in [0.15, 0.2) is 53.5 Å². The molecule has 7 heteroatoms. The van der Waals surface area contributed by atoms with Crippen LogP contribution in [-0.2, 0) is 6.61 Å². The van der Waals surface area contributed by atoms with E-state index in [0.717, 1.165) is 10.0 Å². The van der Waals surface area contributed by atoms with E-state index in [4.69, 9.17) is 4.74 Å². The fourth-order valence-corrected chi connectivity index (χ4v) is 1.96. The number of H-pyrrole nitrogens is 1. The van der Waals surface area contributed by atoms with Crippen LogP contribution in [0.5, 0.6) is 5.88 Å². The zero-order chi connectivity index (χ0) is 14.5. The Morgan fingerprint density at radius 1 is 1.05 bits per heavy atom. The number of benzene rings is 1. The third-order valence-corrected chi connectivity index (χ3v) is 3.22. The number of nitrogens with zero attached hydrogens (tertiary/aromatic N) is 3. The molecule has 0 unspecified atom stereocenters. The minimum absolute atomic E-state index is 0.415. The number of hydrogen-bond donors (Lipinski definition) is 2. The molecule has 21 heavy (non-hydrogen) atoms. The number of imidazole rings is 1. The van der Waals surface area contributed by atoms with E-state index in [9.17, 15) is 0 Å². The van der Waals surface area contributed by atoms with Crippen molar-refractivity contribution in [3.63, 3.8) is 0 Å². The number of anilines is 2. The fraction of sp³-hybridized carbons (Fsp3) is 0.0714. The predicted molar refractivity (Wildman–Crippen MR) is 82.4 cm³/mol. The van der Waals surface area contributed by atoms with Gasteiger partial charge in [0.05, 0.1) is 0 Å². The topological polar surface area (TPSA) is 75.7 Å². The second-order valence-corrected chi connectivity index (χ2v) is 5.10. The van der Waals surface area contributed by atoms with Crippen molar-refractivity contribution >= 4 is 27.7 Å². The Hall–Kier alpha value is -2.41. The van der Waals surface area contributed by atoms with Crippen LogP contribution in [-0.4, -0.2) is 19.9 Å². The molecule has 0 spiro atoms. The van der Waals surface area contributed by atoms with E-state index < -0.39 is 0 Å². The third kappa shape index (κ3) is 3.57. The summed E-state index contributed by atoms with van der Waals surface area (Å²) in [5.41, 5.74) is 1.05. The molecule has 0 amide bonds. The molecule has 3 aromatic rings. The SMILES string of the molecule is Brc1ccc(COc2nccnc2Nc2ncc[nH]2)cc1. The molecule has 0 fully saturated rings. The van der Waals surface area contributed by atoms with E-state index in [0.29, 0.717) is 24.3 Å². The number of nitrogens with one attached hydrogen (secondary N) is 2. The maximum Gasteiger partial charge on any atom is 0.258 e. The fourth-order valence-electron chi connectivity index (χ4n) is 1.69. The van der Waals surface area contributed by atoms with Gasteiger partial charge in [-0.15, -0.1) is 0 Å². The Bertz CT molecular complexity index is 700. The minimum Gasteiger partial charge on any atom is -0.470 e. The van der Waals surface area contributed by atoms with Crippen LogP contribution in [0.4, 0.5) is 11.8 Å². The number of rotatable bonds is 5. The summed E-state index contributed by atoms with van der Waals surface area (Å²) >= 11 is 3.40. The lowest BCUT2D eigenvalue weighted by atomic mass is 10.2. The van der Waals surface area contributed by atoms with Crippen molar-refractivity contribution in [3.05, 3.63) is 59.1 Å². The van der Waals surface area contributed by atoms with Crippen molar-refractivity contribution in [2.75, 3.05) is 5.32 Å². The number of ether oxygens (including phenoxy) is 1. The van der Waals surface area contributed by atoms with Crippen LogP contribution in [0.25, 0.3) is 0 Å². The summed E-state index contributed by atoms with van der Waals surface area (Å²) in [6.07, 6.45) is 6.56. The van der Waals surface area contributed by atoms with Gasteiger partial charge < -0.3 is 15.0 Å². The second-order valence-electron chi connectivity index (χ2n) is 4.19. The molecule has 1 aromatic carbocycles. The van der Waals surface area contributed by atoms with Gasteiger partial charge in [0.1, 0.15) is 6.61 Å². The molecule has 0 radical (unpaired) electrons. The molecular weight excluding hydrogens is 334 g/mol. The number of hydrogen-bond acceptors (Lipinski definition) is 5. The summed E-state index contributed by atoms with van der Waals surface area (Å²) in [7, 11) is 0. The van der Waals surface area contributed by atoms with E-state index in [2.05, 4.69) is 41.2 Å². The van der Waals surface area contributed by atoms with Crippen LogP contribution in [0.1, 0.15) is 5.56 Å². The molecule has 0 aliphatic rings. The zero-order valence-corrected chi connectivity index (χ0v) is 12.5. The molecule has 0 atom stereocenters. The Labute approximate surface area is 129 Å². The molecule has 2 aromatic heterocycles. The maximum atomic E-state index is 5.72. The molecule has 2 heterocycles. The highest BCUT2D eigenvalue weighted by Crippen LogP contribution is 2.21. The molecule has 106 valence electrons. The summed E-state index contributed by atoms with van der Waals surface area (Å²) in [5.74, 6) is 1.53. The monoisotopic (exact) mass is 345 g/mol. The molecule has 0 saturated carbocycles. The van der Waals surface area contributed by atoms with Gasteiger partial charge in [0.2, 0.25) is 5.95 Å². The first-order chi connectivity index (χ1) is 10.3. The summed E-state index contributed by atoms with van der Waals surface area (Å²) in [6.45, 7) is 0.415. The first kappa shape index (κ1) is 13.6. The summed E-state index contributed by atoms with van der Waals surface area (Å²) in [6, 6.07) is 7.91. The lowest BCUT2D eigenvalue weighted by molar-refractivity contribution is 0.294. The van der Waals surface area contributed by atoms with Crippen molar-refractivity contribution in [2.24, 2.45) is 0 Å². The number of aromatic amines is 1. The van der Waals surface area contributed by atoms with Crippen molar-refractivity contribution in [1.29, 1.82) is 0 Å². The van der Waals surface area contributed by atoms with Crippen molar-refractivity contribution in [3.8, 4) is 5.88 Å². The van der Waals surface area contributed by atoms with E-state index in [1.165, 1.54) is 0 Å². The van der Waals surface area contributed by atoms with Crippen molar-refractivity contribution < 1.29 is 4.74 Å². The van der Waals surface area contributed by atoms with Gasteiger partial charge in [-0.1, -0.05) is 28.1 Å². The molecular formula is C14H12BrN5O. The Morgan fingerprint density at radius 2 is 1.86 bits per heavy atom. The van der Waals surface area contributed by atoms with Gasteiger partial charge in [-0.2, -0.15) is 0 Å². The van der Waals surface area contributed by atoms with Gasteiger partial charge in [0, 0.05) is 29.3 Å². The van der Waals surface area contributed by atoms with E-state index in [1.54, 1.807) is 24.8 Å². The van der Waals surface area contributed by atoms with Crippen LogP contribution in [0, 0.1) is 0 Å². The molecule has 6 nitrogen and oxygen atoms in total. The van der Waals surface area contributed by atoms with Gasteiger partial charge in [0.15, 0.2) is 5.82 Å². The largest absolute Gasteiger partial charge is 0.470 e. The Kier molecular flexibility index (Phi) is 4.11. The highest BCUT2D eigenvalue weighted by molar-refractivity contribution is 9.10. The standard InChI is InChI=1S/C14H12BrN5O/c15-11-3-1-10(2-4-11)9-21-13-12(16-5-6-17-13)20-14-18-7-8-19-14/h1-8H,9H2,(H2,16,18,19,20). The van der Waals surface area contributed by atoms with Gasteiger partial charge >= 0.3 is 0 Å². The minimum atomic E-state index is 0.415. The summed E-state index contributed by atoms with van der Waals surface area (Å²) in [5, 5.41) is 3.03. The highest BCUT2D eigenvalue weighted by Gasteiger charge is 2.08. The van der Waals surface area contributed by atoms with E-state index >= 15 is 0 Å². The Morgan fingerprint density at radius 3 is 2.62 bits per heavy atom. The molecule has 0 aliphatic heterocycles. The van der Waals surface area contributed by atoms with Gasteiger partial charge in [-0.3, -0.25) is 0 Å². The number of halogens is 1. The molecule has 3 rings (SSSR count). The van der Waals surface area contributed by atoms with Gasteiger partial charge in [-0.05, 0) is 17.7 Å². The second kappa shape index (κ2) is 6.36. The van der Waals surface area contributed by atoms with Crippen LogP contribution >= 0.6 is 15.9 Å². The van der Waals surface area contributed by atoms with Crippen LogP contribution < -0.4 is 10.1 Å². The molecule has 0 bridgehead atoms. The van der Waals surface area contributed by atoms with Gasteiger partial charge in [-0.25, -0.2) is 15.0 Å². The lowest BCUT2D eigenvalue weighted by Gasteiger charge is -2.09. The van der Waals surface area contributed by atoms with Crippen LogP contribution in [0.2, 0.25) is 0 Å². The van der Waals surface area contributed by atoms with E-state index in [1.807, 2.05) is 24.3 Å². The third-order valence-electron chi connectivity index (χ3n) is 2.69. The Balaban J connectivity index is 1.71. The van der Waals surface area contributed by atoms with E-state index in [-0.39, 0.29) is 0 Å². The smallest absolute Gasteiger partial charge is 0.258 e. The maximum absolute atomic E-state index is 5.72. The average molecular weight is 346 g/mol. The lowest BCUT2D eigenvalue weighted by Crippen LogP contribution is -2.03. The summed E-state index contributed by atoms with van der Waals surface area (Å²) in [4.78, 5) is 15.4. The highest BCUT2D eigenvalue weighted by atomic mass is 79.9. The molecule has 2 N–H and O–H groups in total. The first-order valence-electron chi connectivity index (χ1n) is 6.26. The normalized spacial score (nSPS) is 10.3. The molecule has 0 saturated heterocycles. The van der Waals surface area contributed by atoms with Crippen LogP contribution in [0.3, 0.4) is 0 Å². The van der Waals surface area contributed by atoms with Crippen molar-refractivity contribution in [1.82, 2.24) is 19.9 Å². The molecule has 0 aliphatic carbocycles. The van der Waals surface area contributed by atoms with Crippen molar-refractivity contribution in [2.45, 2.75) is 6.61 Å². The quantitative estimate of drug-likeness (QED) is 0.742. The number of aromatic nitrogens is 4. The zero-order valence-electron chi connectivity index (χ0n) is 11.0. The van der Waals surface area contributed by atoms with Gasteiger partial charge in [0.25, 0.3) is 5.88 Å². The average Bonchev–Trinajstić information content (AvgIpc) is 3.01. The first-order valence-corrected chi connectivity index (χ1v) is 7.05. The summed E-state index contributed by atoms with van der Waals surface area (Å²) < 4.78 is 6.75.